The van der Waals surface area contributed by atoms with Crippen molar-refractivity contribution in [3.05, 3.63) is 25.3 Å². The predicted molar refractivity (Wildman–Crippen MR) is 125 cm³/mol. The Hall–Kier alpha value is -3.78. The summed E-state index contributed by atoms with van der Waals surface area (Å²) in [7, 11) is 0. The minimum Gasteiger partial charge on any atom is -0.460 e. The van der Waals surface area contributed by atoms with E-state index in [9.17, 15) is 39.0 Å². The van der Waals surface area contributed by atoms with Crippen molar-refractivity contribution in [2.75, 3.05) is 33.0 Å². The molecule has 0 saturated carbocycles. The molecule has 2 rings (SSSR count). The van der Waals surface area contributed by atoms with E-state index in [-0.39, 0.29) is 0 Å². The molecule has 14 heteroatoms. The average Bonchev–Trinajstić information content (AvgIpc) is 3.10. The van der Waals surface area contributed by atoms with Gasteiger partial charge in [0, 0.05) is 12.2 Å². The first-order valence-electron chi connectivity index (χ1n) is 11.3. The lowest BCUT2D eigenvalue weighted by Crippen LogP contribution is -2.55. The maximum Gasteiger partial charge on any atom is 0.330 e. The zero-order valence-corrected chi connectivity index (χ0v) is 21.2. The van der Waals surface area contributed by atoms with Gasteiger partial charge in [0.1, 0.15) is 43.2 Å². The monoisotopic (exact) mass is 524 g/mol. The zero-order chi connectivity index (χ0) is 28.3. The predicted octanol–water partition coefficient (Wildman–Crippen LogP) is -0.790. The van der Waals surface area contributed by atoms with Crippen LogP contribution >= 0.6 is 0 Å². The Morgan fingerprint density at radius 2 is 1.11 bits per heavy atom. The van der Waals surface area contributed by atoms with Crippen molar-refractivity contribution in [2.45, 2.75) is 51.0 Å². The molecule has 2 aliphatic heterocycles. The van der Waals surface area contributed by atoms with E-state index in [0.29, 0.717) is 0 Å². The summed E-state index contributed by atoms with van der Waals surface area (Å²) in [6.07, 6.45) is -0.941. The largest absolute Gasteiger partial charge is 0.460 e. The number of ether oxygens (including phenoxy) is 2. The number of β-amino-alcohol motifs (C(OH)–C–C–N with tert-alkyl or cyclic N) is 2. The van der Waals surface area contributed by atoms with Gasteiger partial charge in [0.2, 0.25) is 0 Å². The average molecular weight is 525 g/mol. The molecule has 2 aliphatic rings. The van der Waals surface area contributed by atoms with Gasteiger partial charge in [-0.05, 0) is 27.7 Å². The summed E-state index contributed by atoms with van der Waals surface area (Å²) >= 11 is 0. The van der Waals surface area contributed by atoms with Crippen molar-refractivity contribution >= 4 is 35.8 Å². The molecule has 204 valence electrons. The van der Waals surface area contributed by atoms with Crippen molar-refractivity contribution in [3.8, 4) is 0 Å². The fraction of sp³-hybridized carbons (Fsp3) is 0.565. The van der Waals surface area contributed by atoms with E-state index in [1.807, 2.05) is 0 Å². The molecule has 14 nitrogen and oxygen atoms in total. The number of amides is 6. The lowest BCUT2D eigenvalue weighted by atomic mass is 10.0. The molecule has 2 saturated heterocycles. The lowest BCUT2D eigenvalue weighted by Gasteiger charge is -2.36. The molecule has 2 atom stereocenters. The number of aliphatic hydroxyl groups excluding tert-OH is 2. The second kappa shape index (κ2) is 11.1. The number of hydrogen-bond donors (Lipinski definition) is 2. The van der Waals surface area contributed by atoms with Gasteiger partial charge in [0.25, 0.3) is 11.8 Å². The number of carbonyl (C=O) groups is 6. The summed E-state index contributed by atoms with van der Waals surface area (Å²) in [6, 6.07) is -1.65. The molecule has 2 fully saturated rings. The third-order valence-electron chi connectivity index (χ3n) is 6.05. The summed E-state index contributed by atoms with van der Waals surface area (Å²) in [5, 5.41) is 20.3. The molecular weight excluding hydrogens is 492 g/mol. The normalized spacial score (nSPS) is 20.3. The first kappa shape index (κ1) is 29.5. The van der Waals surface area contributed by atoms with Crippen molar-refractivity contribution in [1.29, 1.82) is 0 Å². The van der Waals surface area contributed by atoms with Crippen LogP contribution in [0.5, 0.6) is 0 Å². The van der Waals surface area contributed by atoms with Crippen molar-refractivity contribution in [2.24, 2.45) is 0 Å². The molecule has 0 bridgehead atoms. The van der Waals surface area contributed by atoms with Crippen LogP contribution in [-0.4, -0.2) is 122 Å². The topological polar surface area (TPSA) is 174 Å². The maximum atomic E-state index is 13.1. The van der Waals surface area contributed by atoms with E-state index in [1.165, 1.54) is 27.7 Å². The Bertz CT molecular complexity index is 929. The minimum atomic E-state index is -1.44. The van der Waals surface area contributed by atoms with Crippen LogP contribution < -0.4 is 0 Å². The zero-order valence-electron chi connectivity index (χ0n) is 21.2. The Labute approximate surface area is 213 Å². The molecule has 0 aromatic heterocycles. The smallest absolute Gasteiger partial charge is 0.330 e. The van der Waals surface area contributed by atoms with E-state index in [2.05, 4.69) is 13.2 Å². The number of urea groups is 2. The molecule has 6 amide bonds. The van der Waals surface area contributed by atoms with Crippen molar-refractivity contribution in [3.63, 3.8) is 0 Å². The van der Waals surface area contributed by atoms with Crippen molar-refractivity contribution in [1.82, 2.24) is 19.6 Å². The van der Waals surface area contributed by atoms with Crippen LogP contribution in [0.3, 0.4) is 0 Å². The number of aliphatic hydroxyl groups is 2. The lowest BCUT2D eigenvalue weighted by molar-refractivity contribution is -0.142. The van der Waals surface area contributed by atoms with E-state index < -0.39 is 92.1 Å². The number of esters is 2. The Kier molecular flexibility index (Phi) is 8.83. The summed E-state index contributed by atoms with van der Waals surface area (Å²) < 4.78 is 9.47. The van der Waals surface area contributed by atoms with Crippen LogP contribution in [0.15, 0.2) is 25.3 Å². The van der Waals surface area contributed by atoms with Gasteiger partial charge in [-0.1, -0.05) is 13.2 Å². The summed E-state index contributed by atoms with van der Waals surface area (Å²) in [6.45, 7) is 9.89. The number of nitrogens with zero attached hydrogens (tertiary/aromatic N) is 4. The van der Waals surface area contributed by atoms with Gasteiger partial charge in [-0.15, -0.1) is 0 Å². The van der Waals surface area contributed by atoms with E-state index >= 15 is 0 Å². The van der Waals surface area contributed by atoms with Crippen LogP contribution in [0.1, 0.15) is 27.7 Å². The van der Waals surface area contributed by atoms with Crippen LogP contribution in [0.2, 0.25) is 0 Å². The van der Waals surface area contributed by atoms with Crippen LogP contribution in [-0.2, 0) is 28.7 Å². The van der Waals surface area contributed by atoms with Gasteiger partial charge in [0.05, 0.1) is 13.1 Å². The highest BCUT2D eigenvalue weighted by Crippen LogP contribution is 2.33. The SMILES string of the molecule is C=CC(=O)OCC(O)CN1C(=O)N(CN2C(=O)N(CC(O)COC(=O)C=C)C(=O)C2(C)C)C(C)(C)C1=O. The number of imide groups is 2. The second-order valence-corrected chi connectivity index (χ2v) is 9.49. The minimum absolute atomic E-state index is 0.453. The highest BCUT2D eigenvalue weighted by atomic mass is 16.5. The molecule has 0 aromatic carbocycles. The fourth-order valence-corrected chi connectivity index (χ4v) is 3.77. The molecule has 2 N–H and O–H groups in total. The van der Waals surface area contributed by atoms with Crippen LogP contribution in [0.4, 0.5) is 9.59 Å². The third kappa shape index (κ3) is 5.97. The molecule has 0 radical (unpaired) electrons. The van der Waals surface area contributed by atoms with Gasteiger partial charge < -0.3 is 19.7 Å². The molecule has 0 aliphatic carbocycles. The maximum absolute atomic E-state index is 13.1. The van der Waals surface area contributed by atoms with Crippen molar-refractivity contribution < 1.29 is 48.5 Å². The summed E-state index contributed by atoms with van der Waals surface area (Å²) in [4.78, 5) is 78.4. The first-order chi connectivity index (χ1) is 17.1. The molecular formula is C23H32N4O10. The third-order valence-corrected chi connectivity index (χ3v) is 6.05. The molecule has 0 spiro atoms. The van der Waals surface area contributed by atoms with Gasteiger partial charge in [-0.3, -0.25) is 29.2 Å². The molecule has 37 heavy (non-hydrogen) atoms. The standard InChI is InChI=1S/C23H32N4O10/c1-7-16(30)36-11-14(28)9-24-18(32)22(3,4)26(20(24)34)13-27-21(35)25(19(33)23(27,5)6)10-15(29)12-37-17(31)8-2/h7-8,14-15,28-29H,1-2,9-13H2,3-6H3. The van der Waals surface area contributed by atoms with Gasteiger partial charge in [-0.25, -0.2) is 19.2 Å². The molecule has 2 heterocycles. The summed E-state index contributed by atoms with van der Waals surface area (Å²) in [5.41, 5.74) is -2.89. The number of carbonyl (C=O) groups excluding carboxylic acids is 6. The number of rotatable bonds is 12. The van der Waals surface area contributed by atoms with E-state index in [0.717, 1.165) is 31.8 Å². The molecule has 2 unspecified atom stereocenters. The Balaban J connectivity index is 2.16. The summed E-state index contributed by atoms with van der Waals surface area (Å²) in [5.74, 6) is -2.90. The first-order valence-corrected chi connectivity index (χ1v) is 11.3. The van der Waals surface area contributed by atoms with Gasteiger partial charge >= 0.3 is 24.0 Å². The molecule has 0 aromatic rings. The van der Waals surface area contributed by atoms with Crippen LogP contribution in [0.25, 0.3) is 0 Å². The van der Waals surface area contributed by atoms with E-state index in [1.54, 1.807) is 0 Å². The Morgan fingerprint density at radius 3 is 1.41 bits per heavy atom. The van der Waals surface area contributed by atoms with E-state index in [4.69, 9.17) is 9.47 Å². The quantitative estimate of drug-likeness (QED) is 0.187. The highest BCUT2D eigenvalue weighted by Gasteiger charge is 2.57. The highest BCUT2D eigenvalue weighted by molar-refractivity contribution is 6.08. The van der Waals surface area contributed by atoms with Gasteiger partial charge in [0.15, 0.2) is 0 Å². The second-order valence-electron chi connectivity index (χ2n) is 9.49. The number of hydrogen-bond acceptors (Lipinski definition) is 10. The Morgan fingerprint density at radius 1 is 0.784 bits per heavy atom. The van der Waals surface area contributed by atoms with Gasteiger partial charge in [-0.2, -0.15) is 0 Å². The fourth-order valence-electron chi connectivity index (χ4n) is 3.77. The van der Waals surface area contributed by atoms with Crippen LogP contribution in [0, 0.1) is 0 Å².